The Kier molecular flexibility index (Phi) is 6.31. The summed E-state index contributed by atoms with van der Waals surface area (Å²) in [4.78, 5) is 26.5. The molecule has 2 rings (SSSR count). The highest BCUT2D eigenvalue weighted by molar-refractivity contribution is 7.99. The monoisotopic (exact) mass is 321 g/mol. The first kappa shape index (κ1) is 16.9. The standard InChI is InChI=1S/C17H23NO3S/c1-2-3-12-22-15-7-5-4-6-14(15)16(19)18-10-8-13(9-11-18)17(20)21/h4-7,13H,2-3,8-12H2,1H3,(H,20,21). The van der Waals surface area contributed by atoms with Crippen molar-refractivity contribution in [1.29, 1.82) is 0 Å². The first-order valence-electron chi connectivity index (χ1n) is 7.87. The van der Waals surface area contributed by atoms with Crippen LogP contribution in [0.2, 0.25) is 0 Å². The summed E-state index contributed by atoms with van der Waals surface area (Å²) in [5, 5.41) is 9.04. The van der Waals surface area contributed by atoms with E-state index in [4.69, 9.17) is 5.11 Å². The van der Waals surface area contributed by atoms with Crippen LogP contribution in [0, 0.1) is 5.92 Å². The molecule has 0 spiro atoms. The Balaban J connectivity index is 2.02. The van der Waals surface area contributed by atoms with E-state index in [0.29, 0.717) is 25.9 Å². The molecule has 1 aromatic carbocycles. The summed E-state index contributed by atoms with van der Waals surface area (Å²) in [6, 6.07) is 7.72. The van der Waals surface area contributed by atoms with Gasteiger partial charge in [0.2, 0.25) is 0 Å². The maximum Gasteiger partial charge on any atom is 0.306 e. The topological polar surface area (TPSA) is 57.6 Å². The molecule has 0 bridgehead atoms. The fraction of sp³-hybridized carbons (Fsp3) is 0.529. The molecule has 1 aliphatic heterocycles. The molecular formula is C17H23NO3S. The van der Waals surface area contributed by atoms with Gasteiger partial charge in [0.25, 0.3) is 5.91 Å². The number of carbonyl (C=O) groups is 2. The van der Waals surface area contributed by atoms with Crippen molar-refractivity contribution in [2.24, 2.45) is 5.92 Å². The number of aliphatic carboxylic acids is 1. The molecule has 0 saturated carbocycles. The van der Waals surface area contributed by atoms with Crippen molar-refractivity contribution < 1.29 is 14.7 Å². The first-order chi connectivity index (χ1) is 10.6. The molecule has 1 aliphatic rings. The summed E-state index contributed by atoms with van der Waals surface area (Å²) in [5.74, 6) is -0.00806. The number of hydrogen-bond acceptors (Lipinski definition) is 3. The average Bonchev–Trinajstić information content (AvgIpc) is 2.55. The number of hydrogen-bond donors (Lipinski definition) is 1. The number of carboxylic acids is 1. The third-order valence-corrected chi connectivity index (χ3v) is 5.16. The minimum absolute atomic E-state index is 0.0310. The zero-order valence-corrected chi connectivity index (χ0v) is 13.8. The van der Waals surface area contributed by atoms with Crippen LogP contribution in [0.4, 0.5) is 0 Å². The van der Waals surface area contributed by atoms with E-state index in [9.17, 15) is 9.59 Å². The van der Waals surface area contributed by atoms with Crippen LogP contribution < -0.4 is 0 Å². The Morgan fingerprint density at radius 1 is 1.27 bits per heavy atom. The quantitative estimate of drug-likeness (QED) is 0.643. The molecule has 1 N–H and O–H groups in total. The molecule has 1 saturated heterocycles. The van der Waals surface area contributed by atoms with Crippen LogP contribution in [-0.2, 0) is 4.79 Å². The molecule has 0 unspecified atom stereocenters. The van der Waals surface area contributed by atoms with E-state index in [-0.39, 0.29) is 11.8 Å². The summed E-state index contributed by atoms with van der Waals surface area (Å²) in [5.41, 5.74) is 0.748. The Hall–Kier alpha value is -1.49. The molecule has 0 aromatic heterocycles. The lowest BCUT2D eigenvalue weighted by Gasteiger charge is -2.30. The van der Waals surface area contributed by atoms with Gasteiger partial charge in [0.1, 0.15) is 0 Å². The van der Waals surface area contributed by atoms with Gasteiger partial charge in [-0.15, -0.1) is 11.8 Å². The lowest BCUT2D eigenvalue weighted by atomic mass is 9.96. The van der Waals surface area contributed by atoms with E-state index in [0.717, 1.165) is 29.1 Å². The second-order valence-electron chi connectivity index (χ2n) is 5.60. The van der Waals surface area contributed by atoms with Crippen LogP contribution in [0.1, 0.15) is 43.0 Å². The normalized spacial score (nSPS) is 15.8. The lowest BCUT2D eigenvalue weighted by Crippen LogP contribution is -2.40. The highest BCUT2D eigenvalue weighted by Gasteiger charge is 2.28. The Bertz CT molecular complexity index is 524. The van der Waals surface area contributed by atoms with E-state index < -0.39 is 5.97 Å². The van der Waals surface area contributed by atoms with Crippen molar-refractivity contribution in [2.75, 3.05) is 18.8 Å². The molecule has 1 fully saturated rings. The van der Waals surface area contributed by atoms with E-state index in [1.807, 2.05) is 24.3 Å². The molecule has 1 amide bonds. The maximum atomic E-state index is 12.7. The Morgan fingerprint density at radius 3 is 2.59 bits per heavy atom. The lowest BCUT2D eigenvalue weighted by molar-refractivity contribution is -0.143. The van der Waals surface area contributed by atoms with Crippen LogP contribution in [0.5, 0.6) is 0 Å². The number of likely N-dealkylation sites (tertiary alicyclic amines) is 1. The second-order valence-corrected chi connectivity index (χ2v) is 6.74. The van der Waals surface area contributed by atoms with Gasteiger partial charge >= 0.3 is 5.97 Å². The molecule has 5 heteroatoms. The van der Waals surface area contributed by atoms with Crippen molar-refractivity contribution >= 4 is 23.6 Å². The number of rotatable bonds is 6. The number of carboxylic acid groups (broad SMARTS) is 1. The van der Waals surface area contributed by atoms with E-state index in [1.54, 1.807) is 16.7 Å². The van der Waals surface area contributed by atoms with E-state index in [2.05, 4.69) is 6.92 Å². The van der Waals surface area contributed by atoms with Crippen molar-refractivity contribution in [3.63, 3.8) is 0 Å². The van der Waals surface area contributed by atoms with Crippen LogP contribution in [0.25, 0.3) is 0 Å². The van der Waals surface area contributed by atoms with E-state index >= 15 is 0 Å². The largest absolute Gasteiger partial charge is 0.481 e. The minimum Gasteiger partial charge on any atom is -0.481 e. The average molecular weight is 321 g/mol. The van der Waals surface area contributed by atoms with Gasteiger partial charge in [-0.2, -0.15) is 0 Å². The Morgan fingerprint density at radius 2 is 1.95 bits per heavy atom. The molecule has 1 aromatic rings. The van der Waals surface area contributed by atoms with Crippen molar-refractivity contribution in [3.05, 3.63) is 29.8 Å². The van der Waals surface area contributed by atoms with Crippen molar-refractivity contribution in [3.8, 4) is 0 Å². The van der Waals surface area contributed by atoms with Gasteiger partial charge in [0.05, 0.1) is 11.5 Å². The molecule has 0 aliphatic carbocycles. The molecule has 120 valence electrons. The van der Waals surface area contributed by atoms with Gasteiger partial charge in [-0.3, -0.25) is 9.59 Å². The summed E-state index contributed by atoms with van der Waals surface area (Å²) in [7, 11) is 0. The molecule has 1 heterocycles. The third-order valence-electron chi connectivity index (χ3n) is 4.00. The van der Waals surface area contributed by atoms with Crippen molar-refractivity contribution in [2.45, 2.75) is 37.5 Å². The molecule has 22 heavy (non-hydrogen) atoms. The third kappa shape index (κ3) is 4.26. The SMILES string of the molecule is CCCCSc1ccccc1C(=O)N1CCC(C(=O)O)CC1. The van der Waals surface area contributed by atoms with Gasteiger partial charge < -0.3 is 10.0 Å². The summed E-state index contributed by atoms with van der Waals surface area (Å²) in [6.45, 7) is 3.22. The summed E-state index contributed by atoms with van der Waals surface area (Å²) < 4.78 is 0. The van der Waals surface area contributed by atoms with Gasteiger partial charge in [-0.1, -0.05) is 25.5 Å². The first-order valence-corrected chi connectivity index (χ1v) is 8.86. The maximum absolute atomic E-state index is 12.7. The van der Waals surface area contributed by atoms with Gasteiger partial charge in [-0.25, -0.2) is 0 Å². The number of unbranched alkanes of at least 4 members (excludes halogenated alkanes) is 1. The molecule has 0 radical (unpaired) electrons. The molecule has 0 atom stereocenters. The van der Waals surface area contributed by atoms with E-state index in [1.165, 1.54) is 0 Å². The fourth-order valence-corrected chi connectivity index (χ4v) is 3.73. The zero-order chi connectivity index (χ0) is 15.9. The van der Waals surface area contributed by atoms with Crippen molar-refractivity contribution in [1.82, 2.24) is 4.90 Å². The number of carbonyl (C=O) groups excluding carboxylic acids is 1. The zero-order valence-electron chi connectivity index (χ0n) is 13.0. The highest BCUT2D eigenvalue weighted by Crippen LogP contribution is 2.26. The molecule has 4 nitrogen and oxygen atoms in total. The number of piperidine rings is 1. The number of thioether (sulfide) groups is 1. The number of amides is 1. The number of nitrogens with zero attached hydrogens (tertiary/aromatic N) is 1. The van der Waals surface area contributed by atoms with Crippen LogP contribution in [0.3, 0.4) is 0 Å². The predicted molar refractivity (Wildman–Crippen MR) is 88.3 cm³/mol. The highest BCUT2D eigenvalue weighted by atomic mass is 32.2. The van der Waals surface area contributed by atoms with Crippen LogP contribution in [0.15, 0.2) is 29.2 Å². The van der Waals surface area contributed by atoms with Crippen LogP contribution >= 0.6 is 11.8 Å². The van der Waals surface area contributed by atoms with Crippen LogP contribution in [-0.4, -0.2) is 40.7 Å². The minimum atomic E-state index is -0.748. The number of benzene rings is 1. The summed E-state index contributed by atoms with van der Waals surface area (Å²) in [6.07, 6.45) is 3.38. The smallest absolute Gasteiger partial charge is 0.306 e. The Labute approximate surface area is 135 Å². The predicted octanol–water partition coefficient (Wildman–Crippen LogP) is 3.52. The second kappa shape index (κ2) is 8.22. The van der Waals surface area contributed by atoms with Gasteiger partial charge in [0, 0.05) is 18.0 Å². The molecular weight excluding hydrogens is 298 g/mol. The fourth-order valence-electron chi connectivity index (χ4n) is 2.60. The van der Waals surface area contributed by atoms with Gasteiger partial charge in [-0.05, 0) is 37.1 Å². The van der Waals surface area contributed by atoms with Gasteiger partial charge in [0.15, 0.2) is 0 Å². The summed E-state index contributed by atoms with van der Waals surface area (Å²) >= 11 is 1.73.